The smallest absolute Gasteiger partial charge is 0.318 e. The number of phenolic OH excluding ortho intramolecular Hbond substituents is 1. The van der Waals surface area contributed by atoms with Crippen molar-refractivity contribution in [2.75, 3.05) is 68.8 Å². The first-order valence-electron chi connectivity index (χ1n) is 15.5. The molecule has 0 bridgehead atoms. The van der Waals surface area contributed by atoms with Gasteiger partial charge < -0.3 is 29.4 Å². The summed E-state index contributed by atoms with van der Waals surface area (Å²) in [5, 5.41) is 12.6. The number of unbranched alkanes of at least 4 members (excludes halogenated alkanes) is 1. The van der Waals surface area contributed by atoms with Crippen molar-refractivity contribution >= 4 is 28.2 Å². The lowest BCUT2D eigenvalue weighted by molar-refractivity contribution is -0.126. The number of phenols is 1. The topological polar surface area (TPSA) is 85.3 Å². The number of aromatic hydroxyl groups is 1. The third-order valence-corrected chi connectivity index (χ3v) is 8.80. The quantitative estimate of drug-likeness (QED) is 0.300. The number of rotatable bonds is 9. The molecule has 0 unspecified atom stereocenters. The van der Waals surface area contributed by atoms with Crippen LogP contribution in [0.1, 0.15) is 43.4 Å². The Morgan fingerprint density at radius 3 is 2.57 bits per heavy atom. The van der Waals surface area contributed by atoms with Crippen molar-refractivity contribution < 1.29 is 14.6 Å². The molecule has 3 aliphatic rings. The number of aromatic nitrogens is 2. The van der Waals surface area contributed by atoms with E-state index in [1.54, 1.807) is 0 Å². The predicted molar refractivity (Wildman–Crippen MR) is 166 cm³/mol. The van der Waals surface area contributed by atoms with E-state index in [9.17, 15) is 9.90 Å². The molecule has 0 atom stereocenters. The molecule has 0 radical (unpaired) electrons. The van der Waals surface area contributed by atoms with Gasteiger partial charge in [-0.25, -0.2) is 0 Å². The van der Waals surface area contributed by atoms with E-state index in [0.717, 1.165) is 65.9 Å². The van der Waals surface area contributed by atoms with Crippen molar-refractivity contribution in [3.63, 3.8) is 0 Å². The van der Waals surface area contributed by atoms with Crippen LogP contribution in [0.3, 0.4) is 0 Å². The highest BCUT2D eigenvalue weighted by atomic mass is 16.5. The molecular formula is C33H42N6O3. The second-order valence-corrected chi connectivity index (χ2v) is 11.6. The van der Waals surface area contributed by atoms with Crippen LogP contribution in [0.15, 0.2) is 49.1 Å². The summed E-state index contributed by atoms with van der Waals surface area (Å²) in [5.41, 5.74) is 3.12. The van der Waals surface area contributed by atoms with Gasteiger partial charge in [-0.3, -0.25) is 4.79 Å². The van der Waals surface area contributed by atoms with Gasteiger partial charge in [-0.15, -0.1) is 0 Å². The van der Waals surface area contributed by atoms with Gasteiger partial charge in [-0.2, -0.15) is 9.97 Å². The predicted octanol–water partition coefficient (Wildman–Crippen LogP) is 4.38. The molecule has 2 saturated heterocycles. The number of likely N-dealkylation sites (tertiary alicyclic amines) is 1. The molecule has 3 aliphatic heterocycles. The number of hydrogen-bond donors (Lipinski definition) is 1. The van der Waals surface area contributed by atoms with Crippen LogP contribution in [-0.2, 0) is 17.8 Å². The molecule has 2 aromatic carbocycles. The summed E-state index contributed by atoms with van der Waals surface area (Å²) in [4.78, 5) is 31.0. The normalized spacial score (nSPS) is 17.8. The van der Waals surface area contributed by atoms with Gasteiger partial charge in [-0.1, -0.05) is 37.3 Å². The summed E-state index contributed by atoms with van der Waals surface area (Å²) in [5.74, 6) is 1.16. The highest BCUT2D eigenvalue weighted by molar-refractivity contribution is 5.95. The van der Waals surface area contributed by atoms with Gasteiger partial charge in [0.2, 0.25) is 5.91 Å². The average Bonchev–Trinajstić information content (AvgIpc) is 3.03. The fourth-order valence-electron chi connectivity index (χ4n) is 6.51. The van der Waals surface area contributed by atoms with Gasteiger partial charge in [0.25, 0.3) is 0 Å². The monoisotopic (exact) mass is 570 g/mol. The molecule has 1 amide bonds. The number of benzene rings is 2. The van der Waals surface area contributed by atoms with E-state index in [2.05, 4.69) is 27.3 Å². The molecule has 1 N–H and O–H groups in total. The van der Waals surface area contributed by atoms with Gasteiger partial charge in [0.1, 0.15) is 11.6 Å². The van der Waals surface area contributed by atoms with Gasteiger partial charge in [-0.05, 0) is 69.3 Å². The Labute approximate surface area is 248 Å². The summed E-state index contributed by atoms with van der Waals surface area (Å²) in [7, 11) is 0. The Morgan fingerprint density at radius 2 is 1.76 bits per heavy atom. The molecule has 3 aromatic rings. The number of fused-ring (bicyclic) bond motifs is 2. The Morgan fingerprint density at radius 1 is 0.952 bits per heavy atom. The molecule has 42 heavy (non-hydrogen) atoms. The maximum Gasteiger partial charge on any atom is 0.318 e. The lowest BCUT2D eigenvalue weighted by Crippen LogP contribution is -2.49. The summed E-state index contributed by atoms with van der Waals surface area (Å²) in [6, 6.07) is 12.3. The zero-order valence-corrected chi connectivity index (χ0v) is 24.5. The summed E-state index contributed by atoms with van der Waals surface area (Å²) in [6.07, 6.45) is 8.23. The van der Waals surface area contributed by atoms with Crippen molar-refractivity contribution in [3.05, 3.63) is 60.3 Å². The van der Waals surface area contributed by atoms with Crippen molar-refractivity contribution in [2.45, 2.75) is 45.1 Å². The van der Waals surface area contributed by atoms with Crippen LogP contribution in [0.2, 0.25) is 0 Å². The summed E-state index contributed by atoms with van der Waals surface area (Å²) >= 11 is 0. The van der Waals surface area contributed by atoms with Crippen LogP contribution in [-0.4, -0.2) is 89.7 Å². The SMILES string of the molecule is C=CC(=O)N1CCN(c2nc(OCCCCN3CCCCC3)nc3c2CCN(c2cc(O)cc4ccccc24)C3)CC1. The van der Waals surface area contributed by atoms with Gasteiger partial charge in [0.05, 0.1) is 18.8 Å². The van der Waals surface area contributed by atoms with Crippen LogP contribution < -0.4 is 14.5 Å². The van der Waals surface area contributed by atoms with Crippen LogP contribution >= 0.6 is 0 Å². The minimum Gasteiger partial charge on any atom is -0.508 e. The van der Waals surface area contributed by atoms with Crippen LogP contribution in [0, 0.1) is 0 Å². The average molecular weight is 571 g/mol. The molecule has 9 heteroatoms. The fraction of sp³-hybridized carbons (Fsp3) is 0.485. The van der Waals surface area contributed by atoms with Crippen LogP contribution in [0.4, 0.5) is 11.5 Å². The third kappa shape index (κ3) is 6.31. The number of carbonyl (C=O) groups is 1. The fourth-order valence-corrected chi connectivity index (χ4v) is 6.51. The Balaban J connectivity index is 1.21. The third-order valence-electron chi connectivity index (χ3n) is 8.80. The zero-order chi connectivity index (χ0) is 28.9. The lowest BCUT2D eigenvalue weighted by atomic mass is 10.0. The maximum atomic E-state index is 12.2. The minimum absolute atomic E-state index is 0.0260. The number of piperazine rings is 1. The zero-order valence-electron chi connectivity index (χ0n) is 24.5. The van der Waals surface area contributed by atoms with Gasteiger partial charge in [0.15, 0.2) is 0 Å². The molecule has 4 heterocycles. The van der Waals surface area contributed by atoms with E-state index in [0.29, 0.717) is 45.3 Å². The molecule has 6 rings (SSSR count). The van der Waals surface area contributed by atoms with E-state index in [-0.39, 0.29) is 11.7 Å². The standard InChI is InChI=1S/C33H42N6O3/c1-2-31(41)37-17-19-38(20-18-37)32-28-12-16-39(30-23-26(40)22-25-10-4-5-11-27(25)30)24-29(28)34-33(35-32)42-21-9-8-15-36-13-6-3-7-14-36/h2,4-5,10-11,22-23,40H,1,3,6-9,12-21,24H2. The van der Waals surface area contributed by atoms with Crippen molar-refractivity contribution in [2.24, 2.45) is 0 Å². The largest absolute Gasteiger partial charge is 0.508 e. The number of nitrogens with zero attached hydrogens (tertiary/aromatic N) is 6. The number of ether oxygens (including phenoxy) is 1. The van der Waals surface area contributed by atoms with E-state index in [1.165, 1.54) is 38.4 Å². The lowest BCUT2D eigenvalue weighted by Gasteiger charge is -2.38. The van der Waals surface area contributed by atoms with Gasteiger partial charge in [0, 0.05) is 55.4 Å². The number of anilines is 2. The molecule has 2 fully saturated rings. The van der Waals surface area contributed by atoms with Crippen LogP contribution in [0.5, 0.6) is 11.8 Å². The molecule has 0 spiro atoms. The Bertz CT molecular complexity index is 1410. The Kier molecular flexibility index (Phi) is 8.74. The maximum absolute atomic E-state index is 12.2. The molecule has 1 aromatic heterocycles. The first-order chi connectivity index (χ1) is 20.6. The van der Waals surface area contributed by atoms with E-state index in [4.69, 9.17) is 14.7 Å². The van der Waals surface area contributed by atoms with E-state index in [1.807, 2.05) is 35.2 Å². The number of amides is 1. The first-order valence-corrected chi connectivity index (χ1v) is 15.5. The molecular weight excluding hydrogens is 528 g/mol. The summed E-state index contributed by atoms with van der Waals surface area (Å²) in [6.45, 7) is 11.9. The second kappa shape index (κ2) is 13.0. The minimum atomic E-state index is -0.0260. The van der Waals surface area contributed by atoms with E-state index < -0.39 is 0 Å². The Hall–Kier alpha value is -3.85. The first kappa shape index (κ1) is 28.3. The highest BCUT2D eigenvalue weighted by Crippen LogP contribution is 2.36. The molecule has 0 aliphatic carbocycles. The number of carbonyl (C=O) groups excluding carboxylic acids is 1. The van der Waals surface area contributed by atoms with Gasteiger partial charge >= 0.3 is 6.01 Å². The molecule has 9 nitrogen and oxygen atoms in total. The molecule has 222 valence electrons. The second-order valence-electron chi connectivity index (χ2n) is 11.6. The highest BCUT2D eigenvalue weighted by Gasteiger charge is 2.29. The molecule has 0 saturated carbocycles. The number of hydrogen-bond acceptors (Lipinski definition) is 8. The number of piperidine rings is 1. The van der Waals surface area contributed by atoms with Crippen LogP contribution in [0.25, 0.3) is 10.8 Å². The van der Waals surface area contributed by atoms with Crippen molar-refractivity contribution in [1.29, 1.82) is 0 Å². The van der Waals surface area contributed by atoms with E-state index >= 15 is 0 Å². The summed E-state index contributed by atoms with van der Waals surface area (Å²) < 4.78 is 6.20. The van der Waals surface area contributed by atoms with Crippen molar-refractivity contribution in [1.82, 2.24) is 19.8 Å². The van der Waals surface area contributed by atoms with Crippen molar-refractivity contribution in [3.8, 4) is 11.8 Å².